The number of furan rings is 1. The Morgan fingerprint density at radius 1 is 0.531 bits per heavy atom. The number of nitrogens with zero attached hydrogens (tertiary/aromatic N) is 1. The molecule has 1 saturated carbocycles. The van der Waals surface area contributed by atoms with Crippen LogP contribution in [0, 0.1) is 0 Å². The van der Waals surface area contributed by atoms with Crippen LogP contribution in [0.15, 0.2) is 138 Å². The predicted octanol–water partition coefficient (Wildman–Crippen LogP) is 13.7. The summed E-state index contributed by atoms with van der Waals surface area (Å²) < 4.78 is 7.00. The van der Waals surface area contributed by atoms with Crippen molar-refractivity contribution in [1.29, 1.82) is 0 Å². The molecule has 2 nitrogen and oxygen atoms in total. The molecule has 0 amide bonds. The van der Waals surface area contributed by atoms with Crippen molar-refractivity contribution >= 4 is 60.5 Å². The Labute approximate surface area is 287 Å². The smallest absolute Gasteiger partial charge is 0.159 e. The fourth-order valence-electron chi connectivity index (χ4n) is 9.39. The van der Waals surface area contributed by atoms with Gasteiger partial charge in [-0.3, -0.25) is 0 Å². The van der Waals surface area contributed by atoms with Gasteiger partial charge in [0.05, 0.1) is 5.69 Å². The Kier molecular flexibility index (Phi) is 6.34. The zero-order chi connectivity index (χ0) is 32.7. The first-order valence-electron chi connectivity index (χ1n) is 18.0. The summed E-state index contributed by atoms with van der Waals surface area (Å²) >= 11 is 0. The molecule has 0 unspecified atom stereocenters. The average molecular weight is 634 g/mol. The molecular weight excluding hydrogens is 595 g/mol. The minimum Gasteiger partial charge on any atom is -0.454 e. The molecule has 238 valence electrons. The van der Waals surface area contributed by atoms with E-state index in [4.69, 9.17) is 4.42 Å². The van der Waals surface area contributed by atoms with Gasteiger partial charge in [-0.25, -0.2) is 0 Å². The molecule has 2 heteroatoms. The number of fused-ring (bicyclic) bond motifs is 10. The first-order chi connectivity index (χ1) is 24.1. The van der Waals surface area contributed by atoms with Gasteiger partial charge in [0, 0.05) is 27.6 Å². The second-order valence-electron chi connectivity index (χ2n) is 14.7. The van der Waals surface area contributed by atoms with Crippen LogP contribution >= 0.6 is 0 Å². The molecule has 1 fully saturated rings. The van der Waals surface area contributed by atoms with Crippen molar-refractivity contribution in [3.05, 3.63) is 150 Å². The summed E-state index contributed by atoms with van der Waals surface area (Å²) in [6.45, 7) is 4.80. The predicted molar refractivity (Wildman–Crippen MR) is 207 cm³/mol. The quantitative estimate of drug-likeness (QED) is 0.192. The van der Waals surface area contributed by atoms with E-state index in [0.29, 0.717) is 5.92 Å². The SMILES string of the molecule is CC1(C)c2c(ccc3ccccc23)-c2ccc3cc(N(c4ccccc4)c4cccc5c4oc4c(C6CCCCC6)cccc45)ccc3c21. The molecular formula is C47H39NO. The number of rotatable bonds is 4. The molecule has 1 heterocycles. The van der Waals surface area contributed by atoms with Gasteiger partial charge < -0.3 is 9.32 Å². The van der Waals surface area contributed by atoms with Crippen molar-refractivity contribution in [2.75, 3.05) is 4.90 Å². The van der Waals surface area contributed by atoms with Crippen molar-refractivity contribution in [3.8, 4) is 11.1 Å². The van der Waals surface area contributed by atoms with Crippen molar-refractivity contribution < 1.29 is 4.42 Å². The summed E-state index contributed by atoms with van der Waals surface area (Å²) in [5, 5.41) is 7.62. The second kappa shape index (κ2) is 10.8. The summed E-state index contributed by atoms with van der Waals surface area (Å²) in [4.78, 5) is 2.38. The highest BCUT2D eigenvalue weighted by Gasteiger charge is 2.38. The van der Waals surface area contributed by atoms with E-state index in [1.54, 1.807) is 0 Å². The molecule has 1 aromatic heterocycles. The molecule has 0 atom stereocenters. The Hall–Kier alpha value is -5.34. The molecule has 2 aliphatic carbocycles. The monoisotopic (exact) mass is 633 g/mol. The van der Waals surface area contributed by atoms with Crippen LogP contribution in [0.2, 0.25) is 0 Å². The molecule has 0 spiro atoms. The van der Waals surface area contributed by atoms with Gasteiger partial charge in [-0.05, 0) is 98.5 Å². The largest absolute Gasteiger partial charge is 0.454 e. The van der Waals surface area contributed by atoms with Crippen LogP contribution in [0.4, 0.5) is 17.1 Å². The third-order valence-electron chi connectivity index (χ3n) is 11.6. The highest BCUT2D eigenvalue weighted by atomic mass is 16.3. The lowest BCUT2D eigenvalue weighted by atomic mass is 9.78. The topological polar surface area (TPSA) is 16.4 Å². The van der Waals surface area contributed by atoms with Gasteiger partial charge in [0.25, 0.3) is 0 Å². The summed E-state index contributed by atoms with van der Waals surface area (Å²) in [6, 6.07) is 49.3. The van der Waals surface area contributed by atoms with Crippen molar-refractivity contribution in [1.82, 2.24) is 0 Å². The van der Waals surface area contributed by atoms with E-state index in [1.807, 2.05) is 0 Å². The third kappa shape index (κ3) is 4.26. The summed E-state index contributed by atoms with van der Waals surface area (Å²) in [5.74, 6) is 0.572. The summed E-state index contributed by atoms with van der Waals surface area (Å²) in [5.41, 5.74) is 12.1. The standard InChI is InChI=1S/C47H39NO/c1-47(2)43-35-18-10-9-15-31(35)23-26-38(43)39-27-24-32-29-34(25-28-36(32)44(39)47)48(33-16-7-4-8-17-33)42-22-12-21-41-40-20-11-19-37(45(40)49-46(41)42)30-13-5-3-6-14-30/h4,7-12,15-30H,3,5-6,13-14H2,1-2H3. The van der Waals surface area contributed by atoms with E-state index in [9.17, 15) is 0 Å². The fraction of sp³-hybridized carbons (Fsp3) is 0.191. The van der Waals surface area contributed by atoms with E-state index < -0.39 is 0 Å². The number of hydrogen-bond donors (Lipinski definition) is 0. The maximum atomic E-state index is 7.00. The van der Waals surface area contributed by atoms with Gasteiger partial charge in [0.1, 0.15) is 5.58 Å². The minimum atomic E-state index is -0.123. The van der Waals surface area contributed by atoms with E-state index in [-0.39, 0.29) is 5.41 Å². The first kappa shape index (κ1) is 28.7. The van der Waals surface area contributed by atoms with Crippen molar-refractivity contribution in [2.45, 2.75) is 57.3 Å². The summed E-state index contributed by atoms with van der Waals surface area (Å²) in [7, 11) is 0. The van der Waals surface area contributed by atoms with Crippen molar-refractivity contribution in [3.63, 3.8) is 0 Å². The van der Waals surface area contributed by atoms with Gasteiger partial charge in [-0.15, -0.1) is 0 Å². The van der Waals surface area contributed by atoms with Crippen LogP contribution < -0.4 is 4.90 Å². The van der Waals surface area contributed by atoms with Gasteiger partial charge in [0.15, 0.2) is 5.58 Å². The molecule has 8 aromatic rings. The zero-order valence-corrected chi connectivity index (χ0v) is 28.2. The molecule has 49 heavy (non-hydrogen) atoms. The zero-order valence-electron chi connectivity index (χ0n) is 28.2. The number of anilines is 3. The van der Waals surface area contributed by atoms with Gasteiger partial charge in [-0.2, -0.15) is 0 Å². The van der Waals surface area contributed by atoms with Gasteiger partial charge >= 0.3 is 0 Å². The molecule has 0 N–H and O–H groups in total. The maximum Gasteiger partial charge on any atom is 0.159 e. The summed E-state index contributed by atoms with van der Waals surface area (Å²) in [6.07, 6.45) is 6.45. The molecule has 0 aliphatic heterocycles. The lowest BCUT2D eigenvalue weighted by Crippen LogP contribution is -2.16. The Bertz CT molecular complexity index is 2570. The van der Waals surface area contributed by atoms with E-state index >= 15 is 0 Å². The van der Waals surface area contributed by atoms with Crippen LogP contribution in [0.5, 0.6) is 0 Å². The Morgan fingerprint density at radius 3 is 1.98 bits per heavy atom. The van der Waals surface area contributed by atoms with Crippen molar-refractivity contribution in [2.24, 2.45) is 0 Å². The Morgan fingerprint density at radius 2 is 1.18 bits per heavy atom. The Balaban J connectivity index is 1.16. The molecule has 10 rings (SSSR count). The van der Waals surface area contributed by atoms with Gasteiger partial charge in [0.2, 0.25) is 0 Å². The fourth-order valence-corrected chi connectivity index (χ4v) is 9.39. The lowest BCUT2D eigenvalue weighted by molar-refractivity contribution is 0.442. The molecule has 7 aromatic carbocycles. The molecule has 2 aliphatic rings. The van der Waals surface area contributed by atoms with E-state index in [2.05, 4.69) is 152 Å². The number of hydrogen-bond acceptors (Lipinski definition) is 2. The van der Waals surface area contributed by atoms with Gasteiger partial charge in [-0.1, -0.05) is 136 Å². The van der Waals surface area contributed by atoms with Crippen LogP contribution in [0.1, 0.15) is 68.6 Å². The highest BCUT2D eigenvalue weighted by Crippen LogP contribution is 2.54. The highest BCUT2D eigenvalue weighted by molar-refractivity contribution is 6.11. The van der Waals surface area contributed by atoms with E-state index in [0.717, 1.165) is 28.2 Å². The average Bonchev–Trinajstić information content (AvgIpc) is 3.65. The van der Waals surface area contributed by atoms with Crippen LogP contribution in [-0.4, -0.2) is 0 Å². The first-order valence-corrected chi connectivity index (χ1v) is 18.0. The van der Waals surface area contributed by atoms with E-state index in [1.165, 1.54) is 92.2 Å². The van der Waals surface area contributed by atoms with Crippen LogP contribution in [0.25, 0.3) is 54.6 Å². The van der Waals surface area contributed by atoms with Crippen LogP contribution in [-0.2, 0) is 5.41 Å². The second-order valence-corrected chi connectivity index (χ2v) is 14.7. The molecule has 0 bridgehead atoms. The lowest BCUT2D eigenvalue weighted by Gasteiger charge is -2.27. The normalized spacial score (nSPS) is 15.6. The minimum absolute atomic E-state index is 0.123. The maximum absolute atomic E-state index is 7.00. The van der Waals surface area contributed by atoms with Crippen LogP contribution in [0.3, 0.4) is 0 Å². The molecule has 0 saturated heterocycles. The number of para-hydroxylation sites is 3. The molecule has 0 radical (unpaired) electrons. The number of benzene rings is 7. The third-order valence-corrected chi connectivity index (χ3v) is 11.6.